The predicted octanol–water partition coefficient (Wildman–Crippen LogP) is 0.824. The van der Waals surface area contributed by atoms with Crippen LogP contribution in [0, 0.1) is 0 Å². The highest BCUT2D eigenvalue weighted by Crippen LogP contribution is 2.21. The molecule has 0 saturated carbocycles. The highest BCUT2D eigenvalue weighted by molar-refractivity contribution is 5.99. The van der Waals surface area contributed by atoms with Crippen LogP contribution in [0.3, 0.4) is 0 Å². The zero-order valence-corrected chi connectivity index (χ0v) is 8.45. The third kappa shape index (κ3) is 1.96. The van der Waals surface area contributed by atoms with Crippen molar-refractivity contribution in [1.29, 1.82) is 0 Å². The lowest BCUT2D eigenvalue weighted by Gasteiger charge is -2.19. The summed E-state index contributed by atoms with van der Waals surface area (Å²) >= 11 is 0. The summed E-state index contributed by atoms with van der Waals surface area (Å²) in [6.45, 7) is 2.79. The molecule has 0 spiro atoms. The molecule has 1 amide bonds. The van der Waals surface area contributed by atoms with Gasteiger partial charge in [-0.05, 0) is 25.1 Å². The molecule has 1 aromatic rings. The SMILES string of the molecule is CCN(C)c1cc(N)ccc1C(N)=O. The number of rotatable bonds is 3. The quantitative estimate of drug-likeness (QED) is 0.698. The number of nitrogens with two attached hydrogens (primary N) is 2. The number of benzene rings is 1. The van der Waals surface area contributed by atoms with E-state index in [4.69, 9.17) is 11.5 Å². The Morgan fingerprint density at radius 1 is 1.50 bits per heavy atom. The fourth-order valence-corrected chi connectivity index (χ4v) is 1.24. The molecule has 0 aromatic heterocycles. The molecule has 0 unspecified atom stereocenters. The second-order valence-electron chi connectivity index (χ2n) is 3.16. The van der Waals surface area contributed by atoms with Crippen molar-refractivity contribution < 1.29 is 4.79 Å². The highest BCUT2D eigenvalue weighted by Gasteiger charge is 2.10. The lowest BCUT2D eigenvalue weighted by molar-refractivity contribution is 0.100. The number of hydrogen-bond acceptors (Lipinski definition) is 3. The van der Waals surface area contributed by atoms with Gasteiger partial charge in [0.15, 0.2) is 0 Å². The van der Waals surface area contributed by atoms with E-state index in [-0.39, 0.29) is 0 Å². The summed E-state index contributed by atoms with van der Waals surface area (Å²) in [4.78, 5) is 13.0. The van der Waals surface area contributed by atoms with Crippen LogP contribution >= 0.6 is 0 Å². The smallest absolute Gasteiger partial charge is 0.250 e. The van der Waals surface area contributed by atoms with Crippen molar-refractivity contribution in [1.82, 2.24) is 0 Å². The minimum Gasteiger partial charge on any atom is -0.399 e. The van der Waals surface area contributed by atoms with Crippen LogP contribution in [0.2, 0.25) is 0 Å². The number of carbonyl (C=O) groups is 1. The predicted molar refractivity (Wildman–Crippen MR) is 58.3 cm³/mol. The maximum absolute atomic E-state index is 11.1. The molecule has 0 aliphatic rings. The molecule has 0 bridgehead atoms. The van der Waals surface area contributed by atoms with Gasteiger partial charge < -0.3 is 16.4 Å². The van der Waals surface area contributed by atoms with Crippen LogP contribution in [0.15, 0.2) is 18.2 Å². The molecule has 0 saturated heterocycles. The molecule has 4 nitrogen and oxygen atoms in total. The molecular weight excluding hydrogens is 178 g/mol. The Hall–Kier alpha value is -1.71. The molecule has 76 valence electrons. The van der Waals surface area contributed by atoms with Crippen LogP contribution in [0.5, 0.6) is 0 Å². The van der Waals surface area contributed by atoms with Crippen molar-refractivity contribution in [3.05, 3.63) is 23.8 Å². The minimum absolute atomic E-state index is 0.430. The van der Waals surface area contributed by atoms with Gasteiger partial charge in [0.1, 0.15) is 0 Å². The number of hydrogen-bond donors (Lipinski definition) is 2. The number of carbonyl (C=O) groups excluding carboxylic acids is 1. The first-order valence-electron chi connectivity index (χ1n) is 4.46. The fourth-order valence-electron chi connectivity index (χ4n) is 1.24. The van der Waals surface area contributed by atoms with E-state index in [9.17, 15) is 4.79 Å². The van der Waals surface area contributed by atoms with Gasteiger partial charge in [0.25, 0.3) is 5.91 Å². The second-order valence-corrected chi connectivity index (χ2v) is 3.16. The summed E-state index contributed by atoms with van der Waals surface area (Å²) in [7, 11) is 1.89. The molecule has 0 aliphatic carbocycles. The van der Waals surface area contributed by atoms with Gasteiger partial charge in [-0.25, -0.2) is 0 Å². The van der Waals surface area contributed by atoms with Crippen LogP contribution in [0.1, 0.15) is 17.3 Å². The van der Waals surface area contributed by atoms with Gasteiger partial charge >= 0.3 is 0 Å². The standard InChI is InChI=1S/C10H15N3O/c1-3-13(2)9-6-7(11)4-5-8(9)10(12)14/h4-6H,3,11H2,1-2H3,(H2,12,14). The number of anilines is 2. The molecule has 0 radical (unpaired) electrons. The number of nitrogens with zero attached hydrogens (tertiary/aromatic N) is 1. The fraction of sp³-hybridized carbons (Fsp3) is 0.300. The van der Waals surface area contributed by atoms with Gasteiger partial charge in [0.2, 0.25) is 0 Å². The zero-order valence-electron chi connectivity index (χ0n) is 8.45. The number of amides is 1. The maximum atomic E-state index is 11.1. The molecule has 0 aliphatic heterocycles. The van der Waals surface area contributed by atoms with Crippen molar-refractivity contribution >= 4 is 17.3 Å². The summed E-state index contributed by atoms with van der Waals surface area (Å²) in [5.74, 6) is -0.430. The molecule has 1 rings (SSSR count). The summed E-state index contributed by atoms with van der Waals surface area (Å²) < 4.78 is 0. The first-order chi connectivity index (χ1) is 6.56. The summed E-state index contributed by atoms with van der Waals surface area (Å²) in [6, 6.07) is 5.08. The molecule has 4 N–H and O–H groups in total. The Bertz CT molecular complexity index is 349. The Balaban J connectivity index is 3.22. The van der Waals surface area contributed by atoms with Crippen LogP contribution in [-0.2, 0) is 0 Å². The molecular formula is C10H15N3O. The Kier molecular flexibility index (Phi) is 2.96. The van der Waals surface area contributed by atoms with Crippen LogP contribution in [0.4, 0.5) is 11.4 Å². The van der Waals surface area contributed by atoms with Crippen LogP contribution in [-0.4, -0.2) is 19.5 Å². The van der Waals surface area contributed by atoms with E-state index < -0.39 is 5.91 Å². The third-order valence-electron chi connectivity index (χ3n) is 2.17. The first kappa shape index (κ1) is 10.4. The number of primary amides is 1. The second kappa shape index (κ2) is 4.00. The van der Waals surface area contributed by atoms with Gasteiger partial charge in [0, 0.05) is 19.3 Å². The third-order valence-corrected chi connectivity index (χ3v) is 2.17. The van der Waals surface area contributed by atoms with Crippen molar-refractivity contribution in [3.63, 3.8) is 0 Å². The van der Waals surface area contributed by atoms with E-state index in [1.807, 2.05) is 18.9 Å². The Morgan fingerprint density at radius 2 is 2.14 bits per heavy atom. The van der Waals surface area contributed by atoms with E-state index in [1.54, 1.807) is 18.2 Å². The van der Waals surface area contributed by atoms with E-state index in [2.05, 4.69) is 0 Å². The van der Waals surface area contributed by atoms with Crippen LogP contribution in [0.25, 0.3) is 0 Å². The van der Waals surface area contributed by atoms with E-state index in [0.717, 1.165) is 12.2 Å². The Morgan fingerprint density at radius 3 is 2.64 bits per heavy atom. The molecule has 14 heavy (non-hydrogen) atoms. The van der Waals surface area contributed by atoms with Gasteiger partial charge in [-0.2, -0.15) is 0 Å². The summed E-state index contributed by atoms with van der Waals surface area (Å²) in [5, 5.41) is 0. The molecule has 4 heteroatoms. The molecule has 1 aromatic carbocycles. The van der Waals surface area contributed by atoms with Crippen molar-refractivity contribution in [2.45, 2.75) is 6.92 Å². The minimum atomic E-state index is -0.430. The molecule has 0 heterocycles. The average molecular weight is 193 g/mol. The summed E-state index contributed by atoms with van der Waals surface area (Å²) in [5.41, 5.74) is 12.8. The van der Waals surface area contributed by atoms with Gasteiger partial charge in [-0.15, -0.1) is 0 Å². The van der Waals surface area contributed by atoms with Crippen LogP contribution < -0.4 is 16.4 Å². The van der Waals surface area contributed by atoms with E-state index in [1.165, 1.54) is 0 Å². The van der Waals surface area contributed by atoms with Crippen molar-refractivity contribution in [3.8, 4) is 0 Å². The summed E-state index contributed by atoms with van der Waals surface area (Å²) in [6.07, 6.45) is 0. The van der Waals surface area contributed by atoms with E-state index in [0.29, 0.717) is 11.3 Å². The first-order valence-corrected chi connectivity index (χ1v) is 4.46. The number of nitrogen functional groups attached to an aromatic ring is 1. The Labute approximate surface area is 83.5 Å². The molecule has 0 atom stereocenters. The van der Waals surface area contributed by atoms with Gasteiger partial charge in [-0.3, -0.25) is 4.79 Å². The zero-order chi connectivity index (χ0) is 10.7. The van der Waals surface area contributed by atoms with Gasteiger partial charge in [0.05, 0.1) is 11.3 Å². The molecule has 0 fully saturated rings. The lowest BCUT2D eigenvalue weighted by atomic mass is 10.1. The monoisotopic (exact) mass is 193 g/mol. The van der Waals surface area contributed by atoms with Gasteiger partial charge in [-0.1, -0.05) is 0 Å². The highest BCUT2D eigenvalue weighted by atomic mass is 16.1. The maximum Gasteiger partial charge on any atom is 0.250 e. The van der Waals surface area contributed by atoms with Crippen molar-refractivity contribution in [2.24, 2.45) is 5.73 Å². The largest absolute Gasteiger partial charge is 0.399 e. The van der Waals surface area contributed by atoms with E-state index >= 15 is 0 Å². The topological polar surface area (TPSA) is 72.3 Å². The van der Waals surface area contributed by atoms with Crippen molar-refractivity contribution in [2.75, 3.05) is 24.2 Å². The normalized spacial score (nSPS) is 9.86. The lowest BCUT2D eigenvalue weighted by Crippen LogP contribution is -2.22. The average Bonchev–Trinajstić information content (AvgIpc) is 2.16.